The predicted molar refractivity (Wildman–Crippen MR) is 76.4 cm³/mol. The van der Waals surface area contributed by atoms with E-state index in [0.29, 0.717) is 22.9 Å². The summed E-state index contributed by atoms with van der Waals surface area (Å²) in [6, 6.07) is 5.08. The minimum Gasteiger partial charge on any atom is -0.465 e. The van der Waals surface area contributed by atoms with Gasteiger partial charge in [0.2, 0.25) is 0 Å². The number of nitrogens with zero attached hydrogens (tertiary/aromatic N) is 1. The number of carbonyl (C=O) groups excluding carboxylic acids is 2. The summed E-state index contributed by atoms with van der Waals surface area (Å²) in [4.78, 5) is 23.7. The van der Waals surface area contributed by atoms with E-state index in [2.05, 4.69) is 4.40 Å². The molecule has 0 atom stereocenters. The summed E-state index contributed by atoms with van der Waals surface area (Å²) < 4.78 is 9.05. The first-order chi connectivity index (χ1) is 9.70. The van der Waals surface area contributed by atoms with Gasteiger partial charge in [-0.1, -0.05) is 18.2 Å². The number of esters is 1. The van der Waals surface area contributed by atoms with Gasteiger partial charge in [-0.3, -0.25) is 4.79 Å². The van der Waals surface area contributed by atoms with Crippen molar-refractivity contribution >= 4 is 29.3 Å². The third-order valence-electron chi connectivity index (χ3n) is 3.19. The standard InChI is InChI=1S/C15H11NO3S/c1-19-15(18)9-5-6-11-12(7-9)16-20-8-10-3-2-4-13(17)14(10)11/h2-3,5-8H,4H2,1H3. The van der Waals surface area contributed by atoms with Gasteiger partial charge in [0, 0.05) is 34.6 Å². The molecule has 0 aromatic heterocycles. The summed E-state index contributed by atoms with van der Waals surface area (Å²) in [5.74, 6) is -0.339. The zero-order chi connectivity index (χ0) is 14.1. The molecule has 2 aliphatic rings. The van der Waals surface area contributed by atoms with Crippen molar-refractivity contribution in [2.24, 2.45) is 4.40 Å². The predicted octanol–water partition coefficient (Wildman–Crippen LogP) is 1.32. The molecule has 0 N–H and O–H groups in total. The van der Waals surface area contributed by atoms with E-state index in [4.69, 9.17) is 4.74 Å². The molecule has 0 bridgehead atoms. The number of allylic oxidation sites excluding steroid dienone is 3. The fourth-order valence-electron chi connectivity index (χ4n) is 2.25. The molecule has 1 aromatic rings. The Kier molecular flexibility index (Phi) is 3.28. The van der Waals surface area contributed by atoms with Crippen molar-refractivity contribution in [2.45, 2.75) is 6.42 Å². The lowest BCUT2D eigenvalue weighted by atomic mass is 9.92. The van der Waals surface area contributed by atoms with Crippen LogP contribution in [0.4, 0.5) is 0 Å². The highest BCUT2D eigenvalue weighted by Gasteiger charge is 2.19. The molecule has 0 spiro atoms. The zero-order valence-electron chi connectivity index (χ0n) is 10.8. The third-order valence-corrected chi connectivity index (χ3v) is 3.85. The summed E-state index contributed by atoms with van der Waals surface area (Å²) in [6.45, 7) is 0. The van der Waals surface area contributed by atoms with Crippen LogP contribution in [-0.2, 0) is 9.53 Å². The van der Waals surface area contributed by atoms with E-state index in [0.717, 1.165) is 10.8 Å². The molecule has 3 rings (SSSR count). The quantitative estimate of drug-likeness (QED) is 0.577. The van der Waals surface area contributed by atoms with Gasteiger partial charge in [-0.15, -0.1) is 0 Å². The lowest BCUT2D eigenvalue weighted by molar-refractivity contribution is -0.113. The number of benzene rings is 1. The van der Waals surface area contributed by atoms with Crippen LogP contribution >= 0.6 is 11.9 Å². The molecule has 0 radical (unpaired) electrons. The Balaban J connectivity index is 2.30. The van der Waals surface area contributed by atoms with Gasteiger partial charge < -0.3 is 4.74 Å². The molecule has 1 aromatic carbocycles. The topological polar surface area (TPSA) is 55.7 Å². The van der Waals surface area contributed by atoms with E-state index >= 15 is 0 Å². The molecule has 0 saturated heterocycles. The Morgan fingerprint density at radius 3 is 3.05 bits per heavy atom. The summed E-state index contributed by atoms with van der Waals surface area (Å²) in [5, 5.41) is 3.24. The van der Waals surface area contributed by atoms with Crippen LogP contribution in [0.2, 0.25) is 0 Å². The van der Waals surface area contributed by atoms with E-state index < -0.39 is 5.97 Å². The smallest absolute Gasteiger partial charge is 0.337 e. The van der Waals surface area contributed by atoms with E-state index in [1.807, 2.05) is 17.6 Å². The first-order valence-electron chi connectivity index (χ1n) is 6.07. The minimum atomic E-state index is -0.412. The van der Waals surface area contributed by atoms with Crippen molar-refractivity contribution in [1.29, 1.82) is 0 Å². The van der Waals surface area contributed by atoms with Crippen LogP contribution in [0, 0.1) is 0 Å². The van der Waals surface area contributed by atoms with Crippen LogP contribution in [0.5, 0.6) is 0 Å². The molecule has 0 amide bonds. The number of hydrogen-bond donors (Lipinski definition) is 0. The molecule has 0 saturated carbocycles. The Hall–Kier alpha value is -2.14. The Morgan fingerprint density at radius 2 is 2.25 bits per heavy atom. The van der Waals surface area contributed by atoms with Gasteiger partial charge in [0.25, 0.3) is 0 Å². The van der Waals surface area contributed by atoms with Gasteiger partial charge in [-0.2, -0.15) is 0 Å². The third kappa shape index (κ3) is 2.10. The number of ether oxygens (including phenoxy) is 1. The Morgan fingerprint density at radius 1 is 1.40 bits per heavy atom. The number of fused-ring (bicyclic) bond motifs is 2. The maximum absolute atomic E-state index is 12.1. The fourth-order valence-corrected chi connectivity index (χ4v) is 2.87. The fraction of sp³-hybridized carbons (Fsp3) is 0.133. The average Bonchev–Trinajstić information content (AvgIpc) is 2.65. The normalized spacial score (nSPS) is 16.6. The van der Waals surface area contributed by atoms with Crippen LogP contribution in [0.1, 0.15) is 16.8 Å². The number of methoxy groups -OCH3 is 1. The highest BCUT2D eigenvalue weighted by molar-refractivity contribution is 8.00. The van der Waals surface area contributed by atoms with Crippen molar-refractivity contribution in [3.63, 3.8) is 0 Å². The van der Waals surface area contributed by atoms with Crippen molar-refractivity contribution in [2.75, 3.05) is 7.11 Å². The van der Waals surface area contributed by atoms with Crippen molar-refractivity contribution in [1.82, 2.24) is 0 Å². The average molecular weight is 285 g/mol. The molecule has 20 heavy (non-hydrogen) atoms. The first kappa shape index (κ1) is 12.9. The Bertz CT molecular complexity index is 790. The minimum absolute atomic E-state index is 0.0727. The van der Waals surface area contributed by atoms with Crippen LogP contribution in [-0.4, -0.2) is 18.9 Å². The molecule has 0 fully saturated rings. The summed E-state index contributed by atoms with van der Waals surface area (Å²) >= 11 is 1.26. The van der Waals surface area contributed by atoms with E-state index in [9.17, 15) is 9.59 Å². The molecule has 1 aliphatic heterocycles. The van der Waals surface area contributed by atoms with Crippen LogP contribution < -0.4 is 10.6 Å². The number of Topliss-reactive ketones (excluding diaryl/α,β-unsaturated/α-hetero) is 1. The number of carbonyl (C=O) groups is 2. The van der Waals surface area contributed by atoms with Gasteiger partial charge in [-0.05, 0) is 17.7 Å². The summed E-state index contributed by atoms with van der Waals surface area (Å²) in [5.41, 5.74) is 1.98. The molecular weight excluding hydrogens is 274 g/mol. The van der Waals surface area contributed by atoms with Crippen LogP contribution in [0.25, 0.3) is 5.57 Å². The lowest BCUT2D eigenvalue weighted by Crippen LogP contribution is -2.31. The second-order valence-corrected chi connectivity index (χ2v) is 5.03. The van der Waals surface area contributed by atoms with Crippen molar-refractivity contribution in [3.05, 3.63) is 57.5 Å². The second-order valence-electron chi connectivity index (χ2n) is 4.40. The molecule has 5 heteroatoms. The van der Waals surface area contributed by atoms with Gasteiger partial charge in [0.1, 0.15) is 0 Å². The van der Waals surface area contributed by atoms with E-state index in [-0.39, 0.29) is 5.78 Å². The molecule has 1 heterocycles. The molecule has 0 unspecified atom stereocenters. The monoisotopic (exact) mass is 285 g/mol. The van der Waals surface area contributed by atoms with Crippen LogP contribution in [0.15, 0.2) is 45.7 Å². The maximum atomic E-state index is 12.1. The zero-order valence-corrected chi connectivity index (χ0v) is 11.6. The number of hydrogen-bond acceptors (Lipinski definition) is 5. The molecular formula is C15H11NO3S. The molecule has 1 aliphatic carbocycles. The summed E-state index contributed by atoms with van der Waals surface area (Å²) in [6.07, 6.45) is 4.18. The largest absolute Gasteiger partial charge is 0.465 e. The second kappa shape index (κ2) is 5.09. The highest BCUT2D eigenvalue weighted by atomic mass is 32.2. The van der Waals surface area contributed by atoms with Gasteiger partial charge in [0.05, 0.1) is 18.0 Å². The lowest BCUT2D eigenvalue weighted by Gasteiger charge is -2.10. The van der Waals surface area contributed by atoms with Crippen molar-refractivity contribution < 1.29 is 14.3 Å². The van der Waals surface area contributed by atoms with Crippen LogP contribution in [0.3, 0.4) is 0 Å². The molecule has 100 valence electrons. The Labute approximate surface area is 119 Å². The highest BCUT2D eigenvalue weighted by Crippen LogP contribution is 2.24. The van der Waals surface area contributed by atoms with Gasteiger partial charge >= 0.3 is 5.97 Å². The van der Waals surface area contributed by atoms with Gasteiger partial charge in [-0.25, -0.2) is 9.19 Å². The summed E-state index contributed by atoms with van der Waals surface area (Å²) in [7, 11) is 1.34. The number of rotatable bonds is 1. The van der Waals surface area contributed by atoms with Gasteiger partial charge in [0.15, 0.2) is 5.78 Å². The van der Waals surface area contributed by atoms with E-state index in [1.54, 1.807) is 18.2 Å². The number of ketones is 1. The maximum Gasteiger partial charge on any atom is 0.337 e. The van der Waals surface area contributed by atoms with E-state index in [1.165, 1.54) is 19.1 Å². The van der Waals surface area contributed by atoms with Crippen molar-refractivity contribution in [3.8, 4) is 0 Å². The molecule has 4 nitrogen and oxygen atoms in total. The SMILES string of the molecule is COC(=O)c1ccc2c(c1)=NSC=C1C=CCC(=O)C=21. The first-order valence-corrected chi connectivity index (χ1v) is 6.91.